The van der Waals surface area contributed by atoms with Gasteiger partial charge in [-0.05, 0) is 39.7 Å². The van der Waals surface area contributed by atoms with Gasteiger partial charge in [-0.1, -0.05) is 4.89 Å². The van der Waals surface area contributed by atoms with Crippen LogP contribution in [0.5, 0.6) is 0 Å². The van der Waals surface area contributed by atoms with E-state index in [-0.39, 0.29) is 16.6 Å². The predicted octanol–water partition coefficient (Wildman–Crippen LogP) is 1.53. The molecule has 0 aliphatic heterocycles. The third kappa shape index (κ3) is 3.38. The van der Waals surface area contributed by atoms with E-state index in [1.54, 1.807) is 20.8 Å². The van der Waals surface area contributed by atoms with Gasteiger partial charge in [0.1, 0.15) is 10.6 Å². The van der Waals surface area contributed by atoms with E-state index in [0.29, 0.717) is 0 Å². The average molecular weight is 302 g/mol. The van der Waals surface area contributed by atoms with Crippen molar-refractivity contribution in [1.82, 2.24) is 9.45 Å². The van der Waals surface area contributed by atoms with E-state index in [9.17, 15) is 13.2 Å². The van der Waals surface area contributed by atoms with Crippen LogP contribution in [0.15, 0.2) is 17.2 Å². The summed E-state index contributed by atoms with van der Waals surface area (Å²) < 4.78 is 25.6. The number of aromatic nitrogens is 1. The largest absolute Gasteiger partial charge is 0.477 e. The molecule has 20 heavy (non-hydrogen) atoms. The number of carbonyl (C=O) groups is 1. The van der Waals surface area contributed by atoms with Crippen LogP contribution in [-0.4, -0.2) is 29.7 Å². The van der Waals surface area contributed by atoms with E-state index in [0.717, 1.165) is 18.9 Å². The third-order valence-electron chi connectivity index (χ3n) is 2.75. The lowest BCUT2D eigenvalue weighted by Gasteiger charge is -2.18. The number of rotatable bonds is 5. The van der Waals surface area contributed by atoms with Crippen LogP contribution >= 0.6 is 0 Å². The molecule has 8 heteroatoms. The summed E-state index contributed by atoms with van der Waals surface area (Å²) in [5.74, 6) is -1.14. The fraction of sp³-hybridized carbons (Fsp3) is 0.583. The summed E-state index contributed by atoms with van der Waals surface area (Å²) >= 11 is 0. The first kappa shape index (κ1) is 15.0. The zero-order chi connectivity index (χ0) is 15.1. The summed E-state index contributed by atoms with van der Waals surface area (Å²) in [7, 11) is -3.89. The lowest BCUT2D eigenvalue weighted by molar-refractivity contribution is -0.0357. The zero-order valence-electron chi connectivity index (χ0n) is 11.6. The van der Waals surface area contributed by atoms with Crippen molar-refractivity contribution in [2.45, 2.75) is 50.2 Å². The van der Waals surface area contributed by atoms with Crippen LogP contribution in [0, 0.1) is 0 Å². The van der Waals surface area contributed by atoms with Gasteiger partial charge in [0.2, 0.25) is 0 Å². The van der Waals surface area contributed by atoms with Crippen LogP contribution in [0.25, 0.3) is 0 Å². The minimum Gasteiger partial charge on any atom is -0.477 e. The molecule has 0 aromatic carbocycles. The standard InChI is InChI=1S/C12H18N2O5S/c1-12(2,3)19-13-20(17,18)9-6-10(11(15)16)14(7-9)8-4-5-8/h6-8,13H,4-5H2,1-3H3,(H,15,16). The molecule has 1 aromatic heterocycles. The van der Waals surface area contributed by atoms with E-state index < -0.39 is 21.6 Å². The van der Waals surface area contributed by atoms with Crippen LogP contribution in [0.3, 0.4) is 0 Å². The molecule has 1 fully saturated rings. The van der Waals surface area contributed by atoms with Crippen molar-refractivity contribution in [2.24, 2.45) is 0 Å². The molecule has 1 aliphatic rings. The first-order valence-electron chi connectivity index (χ1n) is 6.25. The minimum absolute atomic E-state index is 0.0244. The maximum absolute atomic E-state index is 12.1. The van der Waals surface area contributed by atoms with Gasteiger partial charge >= 0.3 is 5.97 Å². The monoisotopic (exact) mass is 302 g/mol. The topological polar surface area (TPSA) is 97.6 Å². The van der Waals surface area contributed by atoms with E-state index >= 15 is 0 Å². The Morgan fingerprint density at radius 2 is 2.05 bits per heavy atom. The van der Waals surface area contributed by atoms with Crippen molar-refractivity contribution in [3.8, 4) is 0 Å². The molecule has 1 saturated carbocycles. The molecule has 0 saturated heterocycles. The highest BCUT2D eigenvalue weighted by atomic mass is 32.2. The van der Waals surface area contributed by atoms with Gasteiger partial charge in [-0.3, -0.25) is 4.84 Å². The Kier molecular flexibility index (Phi) is 3.66. The predicted molar refractivity (Wildman–Crippen MR) is 70.8 cm³/mol. The van der Waals surface area contributed by atoms with Gasteiger partial charge in [-0.2, -0.15) is 0 Å². The Bertz CT molecular complexity index is 623. The summed E-state index contributed by atoms with van der Waals surface area (Å²) in [6.45, 7) is 5.11. The molecule has 0 unspecified atom stereocenters. The van der Waals surface area contributed by atoms with Crippen molar-refractivity contribution in [3.63, 3.8) is 0 Å². The Morgan fingerprint density at radius 3 is 2.50 bits per heavy atom. The van der Waals surface area contributed by atoms with Crippen LogP contribution in [0.4, 0.5) is 0 Å². The second-order valence-electron chi connectivity index (χ2n) is 5.81. The van der Waals surface area contributed by atoms with Gasteiger partial charge in [0.05, 0.1) is 5.60 Å². The number of carboxylic acid groups (broad SMARTS) is 1. The summed E-state index contributed by atoms with van der Waals surface area (Å²) in [6.07, 6.45) is 3.07. The molecule has 0 spiro atoms. The number of sulfonamides is 1. The molecule has 112 valence electrons. The molecular formula is C12H18N2O5S. The van der Waals surface area contributed by atoms with Gasteiger partial charge in [-0.15, -0.1) is 0 Å². The average Bonchev–Trinajstić information content (AvgIpc) is 3.04. The molecule has 1 heterocycles. The van der Waals surface area contributed by atoms with Crippen LogP contribution in [0.1, 0.15) is 50.1 Å². The first-order chi connectivity index (χ1) is 9.10. The van der Waals surface area contributed by atoms with Gasteiger partial charge in [0, 0.05) is 12.2 Å². The first-order valence-corrected chi connectivity index (χ1v) is 7.73. The molecular weight excluding hydrogens is 284 g/mol. The number of hydrogen-bond acceptors (Lipinski definition) is 4. The molecule has 7 nitrogen and oxygen atoms in total. The minimum atomic E-state index is -3.89. The molecule has 0 bridgehead atoms. The van der Waals surface area contributed by atoms with Crippen molar-refractivity contribution in [3.05, 3.63) is 18.0 Å². The van der Waals surface area contributed by atoms with E-state index in [2.05, 4.69) is 0 Å². The number of aromatic carboxylic acids is 1. The Hall–Kier alpha value is -1.38. The van der Waals surface area contributed by atoms with Gasteiger partial charge < -0.3 is 9.67 Å². The lowest BCUT2D eigenvalue weighted by atomic mass is 10.2. The summed E-state index contributed by atoms with van der Waals surface area (Å²) in [4.78, 5) is 18.1. The molecule has 0 amide bonds. The molecule has 2 rings (SSSR count). The molecule has 0 atom stereocenters. The number of nitrogens with zero attached hydrogens (tertiary/aromatic N) is 1. The lowest BCUT2D eigenvalue weighted by Crippen LogP contribution is -2.33. The summed E-state index contributed by atoms with van der Waals surface area (Å²) in [6, 6.07) is 1.23. The molecule has 1 aromatic rings. The highest BCUT2D eigenvalue weighted by Crippen LogP contribution is 2.37. The Morgan fingerprint density at radius 1 is 1.45 bits per heavy atom. The van der Waals surface area contributed by atoms with Crippen molar-refractivity contribution in [2.75, 3.05) is 0 Å². The van der Waals surface area contributed by atoms with E-state index in [1.165, 1.54) is 10.8 Å². The highest BCUT2D eigenvalue weighted by molar-refractivity contribution is 7.89. The highest BCUT2D eigenvalue weighted by Gasteiger charge is 2.31. The maximum Gasteiger partial charge on any atom is 0.352 e. The second kappa shape index (κ2) is 4.87. The number of nitrogens with one attached hydrogen (secondary N) is 1. The third-order valence-corrected chi connectivity index (χ3v) is 3.90. The number of carboxylic acids is 1. The van der Waals surface area contributed by atoms with Crippen LogP contribution in [0.2, 0.25) is 0 Å². The van der Waals surface area contributed by atoms with Crippen molar-refractivity contribution in [1.29, 1.82) is 0 Å². The normalized spacial score (nSPS) is 16.4. The Balaban J connectivity index is 2.28. The van der Waals surface area contributed by atoms with E-state index in [4.69, 9.17) is 9.94 Å². The van der Waals surface area contributed by atoms with Crippen LogP contribution < -0.4 is 4.89 Å². The molecule has 2 N–H and O–H groups in total. The SMILES string of the molecule is CC(C)(C)ONS(=O)(=O)c1cc(C(=O)O)n(C2CC2)c1. The fourth-order valence-corrected chi connectivity index (χ4v) is 2.63. The van der Waals surface area contributed by atoms with Gasteiger partial charge in [-0.25, -0.2) is 13.2 Å². The molecule has 1 aliphatic carbocycles. The van der Waals surface area contributed by atoms with Crippen molar-refractivity contribution >= 4 is 16.0 Å². The summed E-state index contributed by atoms with van der Waals surface area (Å²) in [5.41, 5.74) is -0.703. The van der Waals surface area contributed by atoms with Gasteiger partial charge in [0.15, 0.2) is 0 Å². The van der Waals surface area contributed by atoms with E-state index in [1.807, 2.05) is 4.89 Å². The fourth-order valence-electron chi connectivity index (χ4n) is 1.66. The summed E-state index contributed by atoms with van der Waals surface area (Å²) in [5, 5.41) is 9.11. The second-order valence-corrected chi connectivity index (χ2v) is 7.45. The van der Waals surface area contributed by atoms with Crippen molar-refractivity contribution < 1.29 is 23.2 Å². The maximum atomic E-state index is 12.1. The quantitative estimate of drug-likeness (QED) is 0.804. The van der Waals surface area contributed by atoms with Gasteiger partial charge in [0.25, 0.3) is 10.0 Å². The van der Waals surface area contributed by atoms with Crippen LogP contribution in [-0.2, 0) is 14.9 Å². The Labute approximate surface area is 117 Å². The zero-order valence-corrected chi connectivity index (χ0v) is 12.4. The number of hydrogen-bond donors (Lipinski definition) is 2. The molecule has 0 radical (unpaired) electrons. The smallest absolute Gasteiger partial charge is 0.352 e.